The second kappa shape index (κ2) is 13.0. The lowest BCUT2D eigenvalue weighted by Crippen LogP contribution is -2.22. The Morgan fingerprint density at radius 2 is 1.17 bits per heavy atom. The van der Waals surface area contributed by atoms with Crippen LogP contribution in [0, 0.1) is 0 Å². The second-order valence-electron chi connectivity index (χ2n) is 8.34. The maximum atomic E-state index is 12.1. The Morgan fingerprint density at radius 1 is 0.667 bits per heavy atom. The molecule has 0 amide bonds. The van der Waals surface area contributed by atoms with E-state index in [1.807, 2.05) is 0 Å². The molecule has 2 aromatic carbocycles. The van der Waals surface area contributed by atoms with Crippen LogP contribution >= 0.6 is 47.2 Å². The number of pyridine rings is 2. The average molecular weight is 643 g/mol. The first kappa shape index (κ1) is 30.4. The van der Waals surface area contributed by atoms with Gasteiger partial charge in [-0.1, -0.05) is 35.3 Å². The van der Waals surface area contributed by atoms with Gasteiger partial charge in [-0.05, 0) is 60.1 Å². The lowest BCUT2D eigenvalue weighted by atomic mass is 10.2. The van der Waals surface area contributed by atoms with Crippen LogP contribution in [0.5, 0.6) is 0 Å². The predicted molar refractivity (Wildman–Crippen MR) is 168 cm³/mol. The van der Waals surface area contributed by atoms with Crippen molar-refractivity contribution in [1.82, 2.24) is 29.1 Å². The molecule has 6 aromatic rings. The number of aliphatic imine (C=N–C) groups is 1. The number of benzene rings is 2. The zero-order valence-electron chi connectivity index (χ0n) is 21.2. The molecule has 0 radical (unpaired) electrons. The highest BCUT2D eigenvalue weighted by Crippen LogP contribution is 2.25. The molecule has 0 fully saturated rings. The molecular weight excluding hydrogens is 624 g/mol. The molecular formula is C27H19Cl4N9O2. The topological polar surface area (TPSA) is 160 Å². The third-order valence-corrected chi connectivity index (χ3v) is 6.21. The SMILES string of the molecule is Cl.NC(N)=Nc1nc(-n2ccccc2=O)c2cc(Cl)ccc2n1.O=c1ccccn1-c1nc(Cl)nc2ccc(Cl)cc12. The number of hydrogen-bond donors (Lipinski definition) is 2. The van der Waals surface area contributed by atoms with E-state index in [2.05, 4.69) is 24.9 Å². The summed E-state index contributed by atoms with van der Waals surface area (Å²) in [6.07, 6.45) is 3.23. The van der Waals surface area contributed by atoms with Crippen LogP contribution in [-0.4, -0.2) is 35.0 Å². The summed E-state index contributed by atoms with van der Waals surface area (Å²) in [5, 5.41) is 2.43. The number of aromatic nitrogens is 6. The molecule has 0 spiro atoms. The van der Waals surface area contributed by atoms with Crippen molar-refractivity contribution in [1.29, 1.82) is 0 Å². The Balaban J connectivity index is 0.000000190. The second-order valence-corrected chi connectivity index (χ2v) is 9.55. The van der Waals surface area contributed by atoms with E-state index in [0.29, 0.717) is 43.5 Å². The van der Waals surface area contributed by atoms with E-state index >= 15 is 0 Å². The third kappa shape index (κ3) is 6.67. The molecule has 0 aliphatic heterocycles. The van der Waals surface area contributed by atoms with Crippen molar-refractivity contribution in [2.24, 2.45) is 16.5 Å². The summed E-state index contributed by atoms with van der Waals surface area (Å²) < 4.78 is 2.79. The zero-order chi connectivity index (χ0) is 29.1. The lowest BCUT2D eigenvalue weighted by Gasteiger charge is -2.09. The van der Waals surface area contributed by atoms with Gasteiger partial charge in [0.25, 0.3) is 17.1 Å². The van der Waals surface area contributed by atoms with E-state index in [4.69, 9.17) is 46.3 Å². The summed E-state index contributed by atoms with van der Waals surface area (Å²) >= 11 is 17.9. The summed E-state index contributed by atoms with van der Waals surface area (Å²) in [6, 6.07) is 19.9. The zero-order valence-corrected chi connectivity index (χ0v) is 24.3. The van der Waals surface area contributed by atoms with Crippen LogP contribution in [0.4, 0.5) is 5.95 Å². The third-order valence-electron chi connectivity index (χ3n) is 5.57. The maximum Gasteiger partial charge on any atom is 0.256 e. The number of guanidine groups is 1. The highest BCUT2D eigenvalue weighted by atomic mass is 35.5. The first-order valence-corrected chi connectivity index (χ1v) is 12.9. The summed E-state index contributed by atoms with van der Waals surface area (Å²) in [6.45, 7) is 0. The van der Waals surface area contributed by atoms with Crippen LogP contribution in [0.2, 0.25) is 15.3 Å². The van der Waals surface area contributed by atoms with Gasteiger partial charge in [-0.15, -0.1) is 12.4 Å². The molecule has 212 valence electrons. The monoisotopic (exact) mass is 641 g/mol. The van der Waals surface area contributed by atoms with Gasteiger partial charge in [-0.2, -0.15) is 15.0 Å². The van der Waals surface area contributed by atoms with E-state index in [1.54, 1.807) is 73.1 Å². The van der Waals surface area contributed by atoms with E-state index in [0.717, 1.165) is 0 Å². The molecule has 4 heterocycles. The van der Waals surface area contributed by atoms with Crippen LogP contribution in [0.25, 0.3) is 33.4 Å². The number of fused-ring (bicyclic) bond motifs is 2. The average Bonchev–Trinajstić information content (AvgIpc) is 2.93. The summed E-state index contributed by atoms with van der Waals surface area (Å²) in [5.41, 5.74) is 11.5. The molecule has 0 unspecified atom stereocenters. The minimum Gasteiger partial charge on any atom is -0.370 e. The standard InChI is InChI=1S/C14H11ClN6O.C13H7Cl2N3O.ClH/c15-8-4-5-10-9(7-8)12(19-14(18-10)20-13(16)17)21-6-2-1-3-11(21)22;14-8-4-5-10-9(7-8)12(17-13(15)16-10)18-6-2-1-3-11(18)19;/h1-7H,(H4,16,17,18,19,20);1-7H;1H. The van der Waals surface area contributed by atoms with Crippen LogP contribution in [-0.2, 0) is 0 Å². The van der Waals surface area contributed by atoms with E-state index in [-0.39, 0.29) is 40.7 Å². The van der Waals surface area contributed by atoms with Gasteiger partial charge in [0, 0.05) is 45.3 Å². The fourth-order valence-corrected chi connectivity index (χ4v) is 4.38. The molecule has 11 nitrogen and oxygen atoms in total. The van der Waals surface area contributed by atoms with Crippen LogP contribution in [0.1, 0.15) is 0 Å². The normalized spacial score (nSPS) is 10.5. The van der Waals surface area contributed by atoms with E-state index in [1.165, 1.54) is 21.3 Å². The molecule has 6 rings (SSSR count). The molecule has 0 bridgehead atoms. The minimum atomic E-state index is -0.238. The Morgan fingerprint density at radius 3 is 1.67 bits per heavy atom. The quantitative estimate of drug-likeness (QED) is 0.157. The lowest BCUT2D eigenvalue weighted by molar-refractivity contribution is 0.942. The Kier molecular flexibility index (Phi) is 9.38. The molecule has 0 aliphatic carbocycles. The molecule has 0 aliphatic rings. The van der Waals surface area contributed by atoms with E-state index in [9.17, 15) is 9.59 Å². The van der Waals surface area contributed by atoms with Crippen molar-refractivity contribution in [3.8, 4) is 11.6 Å². The first-order valence-electron chi connectivity index (χ1n) is 11.8. The van der Waals surface area contributed by atoms with Gasteiger partial charge in [0.15, 0.2) is 17.6 Å². The van der Waals surface area contributed by atoms with Gasteiger partial charge >= 0.3 is 0 Å². The highest BCUT2D eigenvalue weighted by Gasteiger charge is 2.12. The minimum absolute atomic E-state index is 0. The van der Waals surface area contributed by atoms with Gasteiger partial charge in [0.05, 0.1) is 11.0 Å². The fraction of sp³-hybridized carbons (Fsp3) is 0. The van der Waals surface area contributed by atoms with Crippen LogP contribution < -0.4 is 22.6 Å². The van der Waals surface area contributed by atoms with Gasteiger partial charge in [0.1, 0.15) is 0 Å². The Bertz CT molecular complexity index is 2080. The van der Waals surface area contributed by atoms with Crippen molar-refractivity contribution in [2.45, 2.75) is 0 Å². The summed E-state index contributed by atoms with van der Waals surface area (Å²) in [7, 11) is 0. The molecule has 0 saturated carbocycles. The molecule has 42 heavy (non-hydrogen) atoms. The Hall–Kier alpha value is -4.55. The summed E-state index contributed by atoms with van der Waals surface area (Å²) in [4.78, 5) is 44.5. The number of halogens is 4. The van der Waals surface area contributed by atoms with Crippen molar-refractivity contribution in [2.75, 3.05) is 0 Å². The summed E-state index contributed by atoms with van der Waals surface area (Å²) in [5.74, 6) is 0.682. The number of hydrogen-bond acceptors (Lipinski definition) is 7. The largest absolute Gasteiger partial charge is 0.370 e. The van der Waals surface area contributed by atoms with Crippen LogP contribution in [0.3, 0.4) is 0 Å². The number of rotatable bonds is 3. The molecule has 0 atom stereocenters. The van der Waals surface area contributed by atoms with Gasteiger partial charge < -0.3 is 11.5 Å². The highest BCUT2D eigenvalue weighted by molar-refractivity contribution is 6.32. The fourth-order valence-electron chi connectivity index (χ4n) is 3.87. The molecule has 4 N–H and O–H groups in total. The molecule has 15 heteroatoms. The molecule has 4 aromatic heterocycles. The van der Waals surface area contributed by atoms with Crippen molar-refractivity contribution in [3.05, 3.63) is 121 Å². The Labute approximate surface area is 258 Å². The smallest absolute Gasteiger partial charge is 0.256 e. The van der Waals surface area contributed by atoms with Gasteiger partial charge in [-0.25, -0.2) is 9.97 Å². The van der Waals surface area contributed by atoms with Gasteiger partial charge in [0.2, 0.25) is 5.28 Å². The number of nitrogens with two attached hydrogens (primary N) is 2. The number of nitrogens with zero attached hydrogens (tertiary/aromatic N) is 7. The van der Waals surface area contributed by atoms with Crippen molar-refractivity contribution < 1.29 is 0 Å². The predicted octanol–water partition coefficient (Wildman–Crippen LogP) is 4.85. The van der Waals surface area contributed by atoms with Gasteiger partial charge in [-0.3, -0.25) is 18.7 Å². The van der Waals surface area contributed by atoms with Crippen LogP contribution in [0.15, 0.2) is 99.8 Å². The molecule has 0 saturated heterocycles. The van der Waals surface area contributed by atoms with Crippen molar-refractivity contribution in [3.63, 3.8) is 0 Å². The first-order chi connectivity index (χ1) is 19.7. The van der Waals surface area contributed by atoms with E-state index < -0.39 is 0 Å². The maximum absolute atomic E-state index is 12.1. The van der Waals surface area contributed by atoms with Crippen molar-refractivity contribution >= 4 is 80.9 Å².